The van der Waals surface area contributed by atoms with E-state index in [0.29, 0.717) is 18.0 Å². The fourth-order valence-electron chi connectivity index (χ4n) is 1.57. The molecule has 0 aromatic heterocycles. The minimum atomic E-state index is -2.37. The molecule has 0 atom stereocenters. The van der Waals surface area contributed by atoms with Crippen LogP contribution in [-0.4, -0.2) is 25.5 Å². The molecule has 1 aliphatic heterocycles. The molecule has 0 aliphatic carbocycles. The number of rotatable bonds is 4. The Morgan fingerprint density at radius 3 is 3.06 bits per heavy atom. The minimum absolute atomic E-state index is 0.00990. The topological polar surface area (TPSA) is 50.4 Å². The maximum absolute atomic E-state index is 11.9. The molecule has 17 heavy (non-hydrogen) atoms. The molecule has 1 heterocycles. The fraction of sp³-hybridized carbons (Fsp3) is 0.364. The molecule has 1 amide bonds. The average molecular weight is 242 g/mol. The Labute approximate surface area is 97.0 Å². The van der Waals surface area contributed by atoms with Gasteiger partial charge in [-0.15, -0.1) is 0 Å². The maximum Gasteiger partial charge on any atom is 0.262 e. The lowest BCUT2D eigenvalue weighted by Crippen LogP contribution is -2.26. The molecular weight excluding hydrogens is 230 g/mol. The van der Waals surface area contributed by atoms with Crippen LogP contribution in [0.15, 0.2) is 18.2 Å². The van der Waals surface area contributed by atoms with Gasteiger partial charge in [-0.3, -0.25) is 4.79 Å². The summed E-state index contributed by atoms with van der Waals surface area (Å²) in [4.78, 5) is 11.1. The molecule has 92 valence electrons. The second kappa shape index (κ2) is 5.09. The molecule has 1 aromatic rings. The molecule has 2 rings (SSSR count). The summed E-state index contributed by atoms with van der Waals surface area (Å²) >= 11 is 0. The van der Waals surface area contributed by atoms with Crippen LogP contribution in [-0.2, 0) is 11.3 Å². The van der Waals surface area contributed by atoms with Gasteiger partial charge in [0.25, 0.3) is 12.3 Å². The van der Waals surface area contributed by atoms with Crippen molar-refractivity contribution in [3.05, 3.63) is 23.8 Å². The Bertz CT molecular complexity index is 424. The van der Waals surface area contributed by atoms with Crippen LogP contribution >= 0.6 is 0 Å². The maximum atomic E-state index is 11.9. The molecule has 0 radical (unpaired) electrons. The van der Waals surface area contributed by atoms with E-state index < -0.39 is 6.43 Å². The number of anilines is 1. The smallest absolute Gasteiger partial charge is 0.262 e. The van der Waals surface area contributed by atoms with Crippen molar-refractivity contribution in [1.29, 1.82) is 0 Å². The average Bonchev–Trinajstić information content (AvgIpc) is 2.28. The number of benzene rings is 1. The molecule has 0 saturated heterocycles. The lowest BCUT2D eigenvalue weighted by molar-refractivity contribution is -0.118. The molecule has 0 unspecified atom stereocenters. The second-order valence-corrected chi connectivity index (χ2v) is 3.69. The molecule has 1 aromatic carbocycles. The van der Waals surface area contributed by atoms with E-state index in [1.54, 1.807) is 18.2 Å². The quantitative estimate of drug-likeness (QED) is 0.838. The standard InChI is InChI=1S/C11H12F2N2O2/c12-10(13)5-14-4-7-1-2-9-8(3-7)15-11(16)6-17-9/h1-3,10,14H,4-6H2,(H,15,16). The molecule has 2 N–H and O–H groups in total. The van der Waals surface area contributed by atoms with Crippen molar-refractivity contribution in [2.24, 2.45) is 0 Å². The third-order valence-electron chi connectivity index (χ3n) is 2.30. The normalized spacial score (nSPS) is 14.2. The van der Waals surface area contributed by atoms with Crippen molar-refractivity contribution in [3.63, 3.8) is 0 Å². The number of hydrogen-bond acceptors (Lipinski definition) is 3. The lowest BCUT2D eigenvalue weighted by Gasteiger charge is -2.18. The summed E-state index contributed by atoms with van der Waals surface area (Å²) in [5.41, 5.74) is 1.40. The van der Waals surface area contributed by atoms with Crippen molar-refractivity contribution < 1.29 is 18.3 Å². The van der Waals surface area contributed by atoms with Crippen LogP contribution in [0.2, 0.25) is 0 Å². The number of carbonyl (C=O) groups excluding carboxylic acids is 1. The van der Waals surface area contributed by atoms with Gasteiger partial charge in [0.1, 0.15) is 5.75 Å². The van der Waals surface area contributed by atoms with Crippen LogP contribution in [0.5, 0.6) is 5.75 Å². The Morgan fingerprint density at radius 1 is 1.47 bits per heavy atom. The van der Waals surface area contributed by atoms with Crippen molar-refractivity contribution >= 4 is 11.6 Å². The number of halogens is 2. The van der Waals surface area contributed by atoms with Gasteiger partial charge in [0.05, 0.1) is 12.2 Å². The Morgan fingerprint density at radius 2 is 2.29 bits per heavy atom. The third kappa shape index (κ3) is 3.13. The first-order chi connectivity index (χ1) is 8.15. The lowest BCUT2D eigenvalue weighted by atomic mass is 10.1. The molecule has 6 heteroatoms. The van der Waals surface area contributed by atoms with Gasteiger partial charge in [-0.1, -0.05) is 6.07 Å². The van der Waals surface area contributed by atoms with Crippen molar-refractivity contribution in [2.45, 2.75) is 13.0 Å². The summed E-state index contributed by atoms with van der Waals surface area (Å²) in [7, 11) is 0. The number of ether oxygens (including phenoxy) is 1. The van der Waals surface area contributed by atoms with E-state index in [0.717, 1.165) is 5.56 Å². The number of alkyl halides is 2. The zero-order chi connectivity index (χ0) is 12.3. The number of carbonyl (C=O) groups is 1. The van der Waals surface area contributed by atoms with E-state index >= 15 is 0 Å². The summed E-state index contributed by atoms with van der Waals surface area (Å²) in [6, 6.07) is 5.20. The van der Waals surface area contributed by atoms with E-state index in [1.807, 2.05) is 0 Å². The molecule has 0 spiro atoms. The van der Waals surface area contributed by atoms with Gasteiger partial charge >= 0.3 is 0 Å². The van der Waals surface area contributed by atoms with E-state index in [1.165, 1.54) is 0 Å². The SMILES string of the molecule is O=C1COc2ccc(CNCC(F)F)cc2N1. The van der Waals surface area contributed by atoms with Gasteiger partial charge in [0.2, 0.25) is 0 Å². The molecule has 4 nitrogen and oxygen atoms in total. The first-order valence-corrected chi connectivity index (χ1v) is 5.19. The van der Waals surface area contributed by atoms with Crippen LogP contribution < -0.4 is 15.4 Å². The zero-order valence-electron chi connectivity index (χ0n) is 9.00. The van der Waals surface area contributed by atoms with Gasteiger partial charge in [-0.05, 0) is 17.7 Å². The highest BCUT2D eigenvalue weighted by Crippen LogP contribution is 2.28. The van der Waals surface area contributed by atoms with Crippen LogP contribution in [0.1, 0.15) is 5.56 Å². The Hall–Kier alpha value is -1.69. The fourth-order valence-corrected chi connectivity index (χ4v) is 1.57. The van der Waals surface area contributed by atoms with E-state index in [2.05, 4.69) is 10.6 Å². The third-order valence-corrected chi connectivity index (χ3v) is 2.30. The Balaban J connectivity index is 2.00. The number of fused-ring (bicyclic) bond motifs is 1. The first-order valence-electron chi connectivity index (χ1n) is 5.19. The van der Waals surface area contributed by atoms with E-state index in [4.69, 9.17) is 4.74 Å². The Kier molecular flexibility index (Phi) is 3.53. The second-order valence-electron chi connectivity index (χ2n) is 3.69. The van der Waals surface area contributed by atoms with Gasteiger partial charge < -0.3 is 15.4 Å². The highest BCUT2D eigenvalue weighted by molar-refractivity contribution is 5.95. The highest BCUT2D eigenvalue weighted by Gasteiger charge is 2.15. The monoisotopic (exact) mass is 242 g/mol. The molecule has 1 aliphatic rings. The highest BCUT2D eigenvalue weighted by atomic mass is 19.3. The molecule has 0 saturated carbocycles. The van der Waals surface area contributed by atoms with Crippen LogP contribution in [0.3, 0.4) is 0 Å². The van der Waals surface area contributed by atoms with Gasteiger partial charge in [-0.2, -0.15) is 0 Å². The van der Waals surface area contributed by atoms with Gasteiger partial charge in [0, 0.05) is 6.54 Å². The zero-order valence-corrected chi connectivity index (χ0v) is 9.00. The molecular formula is C11H12F2N2O2. The predicted molar refractivity (Wildman–Crippen MR) is 58.3 cm³/mol. The van der Waals surface area contributed by atoms with Gasteiger partial charge in [0.15, 0.2) is 6.61 Å². The summed E-state index contributed by atoms with van der Waals surface area (Å²) in [5.74, 6) is 0.386. The summed E-state index contributed by atoms with van der Waals surface area (Å²) in [6.07, 6.45) is -2.37. The number of hydrogen-bond donors (Lipinski definition) is 2. The van der Waals surface area contributed by atoms with Gasteiger partial charge in [-0.25, -0.2) is 8.78 Å². The van der Waals surface area contributed by atoms with Crippen molar-refractivity contribution in [1.82, 2.24) is 5.32 Å². The number of nitrogens with one attached hydrogen (secondary N) is 2. The largest absolute Gasteiger partial charge is 0.482 e. The minimum Gasteiger partial charge on any atom is -0.482 e. The van der Waals surface area contributed by atoms with Crippen molar-refractivity contribution in [3.8, 4) is 5.75 Å². The predicted octanol–water partition coefficient (Wildman–Crippen LogP) is 1.37. The summed E-state index contributed by atoms with van der Waals surface area (Å²) < 4.78 is 29.0. The molecule has 0 fully saturated rings. The number of amides is 1. The van der Waals surface area contributed by atoms with Crippen LogP contribution in [0.4, 0.5) is 14.5 Å². The molecule has 0 bridgehead atoms. The van der Waals surface area contributed by atoms with E-state index in [-0.39, 0.29) is 19.1 Å². The van der Waals surface area contributed by atoms with E-state index in [9.17, 15) is 13.6 Å². The first kappa shape index (κ1) is 11.8. The summed E-state index contributed by atoms with van der Waals surface area (Å²) in [5, 5.41) is 5.28. The van der Waals surface area contributed by atoms with Crippen LogP contribution in [0.25, 0.3) is 0 Å². The van der Waals surface area contributed by atoms with Crippen LogP contribution in [0, 0.1) is 0 Å². The van der Waals surface area contributed by atoms with Crippen molar-refractivity contribution in [2.75, 3.05) is 18.5 Å². The summed E-state index contributed by atoms with van der Waals surface area (Å²) in [6.45, 7) is -0.0105.